The monoisotopic (exact) mass is 218 g/mol. The van der Waals surface area contributed by atoms with Crippen LogP contribution in [-0.4, -0.2) is 45.0 Å². The molecule has 0 atom stereocenters. The number of hydrogen-bond acceptors (Lipinski definition) is 4. The van der Waals surface area contributed by atoms with Crippen molar-refractivity contribution in [1.29, 1.82) is 5.26 Å². The van der Waals surface area contributed by atoms with Crippen LogP contribution in [0.15, 0.2) is 0 Å². The molecule has 0 bridgehead atoms. The van der Waals surface area contributed by atoms with Crippen molar-refractivity contribution >= 4 is 9.84 Å². The van der Waals surface area contributed by atoms with Crippen molar-refractivity contribution in [2.75, 3.05) is 31.6 Å². The maximum absolute atomic E-state index is 11.3. The van der Waals surface area contributed by atoms with Crippen LogP contribution in [0.25, 0.3) is 0 Å². The first-order valence-corrected chi connectivity index (χ1v) is 6.60. The molecular formula is C9H18N2O2S. The molecule has 5 heteroatoms. The minimum atomic E-state index is -2.88. The van der Waals surface area contributed by atoms with Gasteiger partial charge in [0.25, 0.3) is 0 Å². The fourth-order valence-corrected chi connectivity index (χ4v) is 2.48. The second kappa shape index (κ2) is 6.80. The van der Waals surface area contributed by atoms with Gasteiger partial charge >= 0.3 is 0 Å². The molecule has 0 heterocycles. The average Bonchev–Trinajstić information content (AvgIpc) is 2.11. The third-order valence-corrected chi connectivity index (χ3v) is 3.74. The Labute approximate surface area is 86.4 Å². The first-order chi connectivity index (χ1) is 6.52. The van der Waals surface area contributed by atoms with E-state index in [1.807, 2.05) is 24.9 Å². The van der Waals surface area contributed by atoms with Gasteiger partial charge in [-0.2, -0.15) is 5.26 Å². The Bertz CT molecular complexity index is 280. The van der Waals surface area contributed by atoms with Gasteiger partial charge in [-0.3, -0.25) is 0 Å². The number of nitriles is 1. The molecule has 0 rings (SSSR count). The van der Waals surface area contributed by atoms with Gasteiger partial charge < -0.3 is 4.90 Å². The number of hydrogen-bond donors (Lipinski definition) is 0. The standard InChI is InChI=1S/C9H18N2O2S/c1-3-8-14(12,13)9-7-11(2)6-4-5-10/h3-4,6-9H2,1-2H3. The van der Waals surface area contributed by atoms with Crippen LogP contribution in [-0.2, 0) is 9.84 Å². The molecular weight excluding hydrogens is 200 g/mol. The molecule has 0 saturated heterocycles. The topological polar surface area (TPSA) is 61.2 Å². The van der Waals surface area contributed by atoms with Gasteiger partial charge in [0.1, 0.15) is 0 Å². The van der Waals surface area contributed by atoms with Crippen molar-refractivity contribution in [1.82, 2.24) is 4.90 Å². The molecule has 0 unspecified atom stereocenters. The van der Waals surface area contributed by atoms with Crippen LogP contribution in [0.1, 0.15) is 19.8 Å². The molecule has 0 saturated carbocycles. The zero-order valence-electron chi connectivity index (χ0n) is 8.86. The Balaban J connectivity index is 3.77. The van der Waals surface area contributed by atoms with Crippen molar-refractivity contribution in [3.63, 3.8) is 0 Å². The Morgan fingerprint density at radius 2 is 1.93 bits per heavy atom. The van der Waals surface area contributed by atoms with Crippen LogP contribution in [0.5, 0.6) is 0 Å². The maximum Gasteiger partial charge on any atom is 0.151 e. The zero-order chi connectivity index (χ0) is 11.0. The summed E-state index contributed by atoms with van der Waals surface area (Å²) in [5, 5.41) is 8.33. The smallest absolute Gasteiger partial charge is 0.151 e. The lowest BCUT2D eigenvalue weighted by atomic mass is 10.4. The van der Waals surface area contributed by atoms with E-state index < -0.39 is 9.84 Å². The minimum Gasteiger partial charge on any atom is -0.304 e. The van der Waals surface area contributed by atoms with E-state index in [1.54, 1.807) is 0 Å². The highest BCUT2D eigenvalue weighted by molar-refractivity contribution is 7.91. The Hall–Kier alpha value is -0.600. The van der Waals surface area contributed by atoms with Crippen LogP contribution < -0.4 is 0 Å². The van der Waals surface area contributed by atoms with E-state index in [0.29, 0.717) is 25.9 Å². The molecule has 0 aromatic rings. The van der Waals surface area contributed by atoms with Crippen LogP contribution in [0.3, 0.4) is 0 Å². The fraction of sp³-hybridized carbons (Fsp3) is 0.889. The van der Waals surface area contributed by atoms with E-state index in [2.05, 4.69) is 0 Å². The fourth-order valence-electron chi connectivity index (χ4n) is 1.06. The van der Waals surface area contributed by atoms with E-state index in [9.17, 15) is 8.42 Å². The van der Waals surface area contributed by atoms with Crippen LogP contribution in [0.2, 0.25) is 0 Å². The average molecular weight is 218 g/mol. The number of rotatable bonds is 7. The van der Waals surface area contributed by atoms with E-state index in [1.165, 1.54) is 0 Å². The lowest BCUT2D eigenvalue weighted by Crippen LogP contribution is -2.27. The highest BCUT2D eigenvalue weighted by Gasteiger charge is 2.10. The first-order valence-electron chi connectivity index (χ1n) is 4.77. The van der Waals surface area contributed by atoms with Crippen molar-refractivity contribution in [3.05, 3.63) is 0 Å². The Kier molecular flexibility index (Phi) is 6.50. The summed E-state index contributed by atoms with van der Waals surface area (Å²) in [7, 11) is -1.04. The quantitative estimate of drug-likeness (QED) is 0.629. The lowest BCUT2D eigenvalue weighted by molar-refractivity contribution is 0.362. The maximum atomic E-state index is 11.3. The summed E-state index contributed by atoms with van der Waals surface area (Å²) in [6, 6.07) is 2.03. The van der Waals surface area contributed by atoms with Gasteiger partial charge in [0.15, 0.2) is 9.84 Å². The predicted octanol–water partition coefficient (Wildman–Crippen LogP) is 0.657. The van der Waals surface area contributed by atoms with Crippen molar-refractivity contribution in [2.45, 2.75) is 19.8 Å². The SMILES string of the molecule is CCCS(=O)(=O)CCN(C)CCC#N. The third kappa shape index (κ3) is 6.87. The summed E-state index contributed by atoms with van der Waals surface area (Å²) in [5.74, 6) is 0.460. The van der Waals surface area contributed by atoms with E-state index in [0.717, 1.165) is 0 Å². The predicted molar refractivity (Wildman–Crippen MR) is 56.7 cm³/mol. The van der Waals surface area contributed by atoms with Gasteiger partial charge in [-0.1, -0.05) is 6.92 Å². The summed E-state index contributed by atoms with van der Waals surface area (Å²) in [5.41, 5.74) is 0. The van der Waals surface area contributed by atoms with Gasteiger partial charge in [0.2, 0.25) is 0 Å². The molecule has 0 radical (unpaired) electrons. The molecule has 14 heavy (non-hydrogen) atoms. The molecule has 0 aliphatic carbocycles. The second-order valence-corrected chi connectivity index (χ2v) is 5.67. The van der Waals surface area contributed by atoms with Crippen molar-refractivity contribution in [3.8, 4) is 6.07 Å². The minimum absolute atomic E-state index is 0.197. The summed E-state index contributed by atoms with van der Waals surface area (Å²) < 4.78 is 22.6. The summed E-state index contributed by atoms with van der Waals surface area (Å²) in [6.45, 7) is 3.01. The van der Waals surface area contributed by atoms with Gasteiger partial charge in [-0.25, -0.2) is 8.42 Å². The summed E-state index contributed by atoms with van der Waals surface area (Å²) in [4.78, 5) is 1.87. The second-order valence-electron chi connectivity index (χ2n) is 3.36. The van der Waals surface area contributed by atoms with Crippen LogP contribution in [0, 0.1) is 11.3 Å². The Morgan fingerprint density at radius 3 is 2.43 bits per heavy atom. The Morgan fingerprint density at radius 1 is 1.29 bits per heavy atom. The van der Waals surface area contributed by atoms with E-state index >= 15 is 0 Å². The summed E-state index contributed by atoms with van der Waals surface area (Å²) >= 11 is 0. The van der Waals surface area contributed by atoms with Gasteiger partial charge in [0, 0.05) is 25.3 Å². The van der Waals surface area contributed by atoms with Crippen LogP contribution in [0.4, 0.5) is 0 Å². The molecule has 0 amide bonds. The van der Waals surface area contributed by atoms with E-state index in [-0.39, 0.29) is 11.5 Å². The normalized spacial score (nSPS) is 11.6. The van der Waals surface area contributed by atoms with Crippen LogP contribution >= 0.6 is 0 Å². The lowest BCUT2D eigenvalue weighted by Gasteiger charge is -2.14. The number of sulfone groups is 1. The van der Waals surface area contributed by atoms with Gasteiger partial charge in [-0.05, 0) is 13.5 Å². The highest BCUT2D eigenvalue weighted by Crippen LogP contribution is 1.95. The molecule has 82 valence electrons. The van der Waals surface area contributed by atoms with E-state index in [4.69, 9.17) is 5.26 Å². The summed E-state index contributed by atoms with van der Waals surface area (Å²) in [6.07, 6.45) is 1.12. The van der Waals surface area contributed by atoms with Gasteiger partial charge in [0.05, 0.1) is 11.8 Å². The molecule has 0 aromatic carbocycles. The highest BCUT2D eigenvalue weighted by atomic mass is 32.2. The number of nitrogens with zero attached hydrogens (tertiary/aromatic N) is 2. The molecule has 0 N–H and O–H groups in total. The van der Waals surface area contributed by atoms with Crippen molar-refractivity contribution in [2.24, 2.45) is 0 Å². The first kappa shape index (κ1) is 13.4. The molecule has 0 fully saturated rings. The molecule has 0 aromatic heterocycles. The molecule has 4 nitrogen and oxygen atoms in total. The molecule has 0 spiro atoms. The molecule has 0 aliphatic rings. The van der Waals surface area contributed by atoms with Gasteiger partial charge in [-0.15, -0.1) is 0 Å². The third-order valence-electron chi connectivity index (χ3n) is 1.90. The van der Waals surface area contributed by atoms with Crippen molar-refractivity contribution < 1.29 is 8.42 Å². The zero-order valence-corrected chi connectivity index (χ0v) is 9.68. The largest absolute Gasteiger partial charge is 0.304 e. The molecule has 0 aliphatic heterocycles.